The van der Waals surface area contributed by atoms with E-state index in [0.29, 0.717) is 5.92 Å². The van der Waals surface area contributed by atoms with E-state index >= 15 is 0 Å². The Morgan fingerprint density at radius 2 is 1.39 bits per heavy atom. The second-order valence-electron chi connectivity index (χ2n) is 7.94. The first-order valence-corrected chi connectivity index (χ1v) is 9.88. The Hall–Kier alpha value is -0.227. The Morgan fingerprint density at radius 1 is 0.857 bits per heavy atom. The number of hydrogen-bond donors (Lipinski definition) is 0. The SMILES string of the molecule is Cc1c(C)c(C)[c-](C)c1C.[C-]1=Cc2ccccc2C1C1CCCCC1.[Cl-].[Cl-].[Zr+4]. The van der Waals surface area contributed by atoms with Crippen molar-refractivity contribution in [1.82, 2.24) is 0 Å². The first-order valence-electron chi connectivity index (χ1n) is 9.88. The van der Waals surface area contributed by atoms with Gasteiger partial charge in [0.15, 0.2) is 0 Å². The van der Waals surface area contributed by atoms with Crippen LogP contribution >= 0.6 is 0 Å². The first kappa shape index (κ1) is 27.8. The summed E-state index contributed by atoms with van der Waals surface area (Å²) in [6.07, 6.45) is 12.8. The fourth-order valence-electron chi connectivity index (χ4n) is 4.46. The molecule has 0 bridgehead atoms. The van der Waals surface area contributed by atoms with Crippen LogP contribution in [0, 0.1) is 46.6 Å². The molecule has 0 radical (unpaired) electrons. The van der Waals surface area contributed by atoms with Crippen molar-refractivity contribution in [3.05, 3.63) is 69.3 Å². The van der Waals surface area contributed by atoms with Crippen LogP contribution in [-0.4, -0.2) is 0 Å². The topological polar surface area (TPSA) is 0 Å². The van der Waals surface area contributed by atoms with Crippen LogP contribution < -0.4 is 24.8 Å². The third kappa shape index (κ3) is 5.90. The molecular formula is C25H32Cl2Zr. The molecule has 3 heteroatoms. The molecule has 0 aliphatic heterocycles. The number of benzene rings is 1. The van der Waals surface area contributed by atoms with Crippen molar-refractivity contribution in [3.8, 4) is 0 Å². The van der Waals surface area contributed by atoms with Crippen LogP contribution in [0.1, 0.15) is 77.0 Å². The molecule has 0 saturated heterocycles. The number of fused-ring (bicyclic) bond motifs is 1. The summed E-state index contributed by atoms with van der Waals surface area (Å²) in [5.41, 5.74) is 10.3. The number of rotatable bonds is 1. The van der Waals surface area contributed by atoms with Gasteiger partial charge >= 0.3 is 26.2 Å². The van der Waals surface area contributed by atoms with Gasteiger partial charge in [-0.1, -0.05) is 90.8 Å². The van der Waals surface area contributed by atoms with Crippen LogP contribution in [0.4, 0.5) is 0 Å². The van der Waals surface area contributed by atoms with E-state index < -0.39 is 0 Å². The maximum atomic E-state index is 3.57. The van der Waals surface area contributed by atoms with E-state index in [-0.39, 0.29) is 51.0 Å². The molecule has 0 aromatic heterocycles. The molecular weight excluding hydrogens is 462 g/mol. The predicted molar refractivity (Wildman–Crippen MR) is 109 cm³/mol. The second-order valence-corrected chi connectivity index (χ2v) is 7.94. The molecule has 1 unspecified atom stereocenters. The molecule has 1 atom stereocenters. The van der Waals surface area contributed by atoms with Crippen LogP contribution in [0.5, 0.6) is 0 Å². The van der Waals surface area contributed by atoms with Crippen LogP contribution in [0.25, 0.3) is 6.08 Å². The zero-order valence-corrected chi connectivity index (χ0v) is 21.8. The summed E-state index contributed by atoms with van der Waals surface area (Å²) in [5, 5.41) is 0. The molecule has 150 valence electrons. The van der Waals surface area contributed by atoms with Crippen molar-refractivity contribution in [3.63, 3.8) is 0 Å². The van der Waals surface area contributed by atoms with Gasteiger partial charge in [-0.3, -0.25) is 6.08 Å². The van der Waals surface area contributed by atoms with Crippen LogP contribution in [0.3, 0.4) is 0 Å². The van der Waals surface area contributed by atoms with Gasteiger partial charge in [-0.15, -0.1) is 11.6 Å². The zero-order chi connectivity index (χ0) is 18.0. The van der Waals surface area contributed by atoms with Crippen molar-refractivity contribution >= 4 is 6.08 Å². The quantitative estimate of drug-likeness (QED) is 0.522. The summed E-state index contributed by atoms with van der Waals surface area (Å²) in [5.74, 6) is 1.46. The molecule has 2 aromatic carbocycles. The van der Waals surface area contributed by atoms with Crippen molar-refractivity contribution in [1.29, 1.82) is 0 Å². The Kier molecular flexibility index (Phi) is 12.4. The molecule has 0 spiro atoms. The number of halogens is 2. The Labute approximate surface area is 203 Å². The summed E-state index contributed by atoms with van der Waals surface area (Å²) in [6, 6.07) is 8.78. The van der Waals surface area contributed by atoms with Crippen LogP contribution in [0.2, 0.25) is 0 Å². The average Bonchev–Trinajstić information content (AvgIpc) is 3.16. The largest absolute Gasteiger partial charge is 4.00 e. The molecule has 0 nitrogen and oxygen atoms in total. The minimum atomic E-state index is 0. The van der Waals surface area contributed by atoms with Gasteiger partial charge in [0.05, 0.1) is 0 Å². The van der Waals surface area contributed by atoms with Gasteiger partial charge in [0.1, 0.15) is 0 Å². The van der Waals surface area contributed by atoms with Gasteiger partial charge < -0.3 is 24.8 Å². The maximum Gasteiger partial charge on any atom is 4.00 e. The van der Waals surface area contributed by atoms with Gasteiger partial charge in [0.25, 0.3) is 0 Å². The van der Waals surface area contributed by atoms with Gasteiger partial charge in [-0.2, -0.15) is 33.4 Å². The van der Waals surface area contributed by atoms with Crippen LogP contribution in [-0.2, 0) is 26.2 Å². The standard InChI is InChI=1S/C15H17.C10H15.2ClH.Zr/c1-2-6-12(7-3-1)15-11-10-13-8-4-5-9-14(13)15;1-6-7(2)9(4)10(5)8(6)3;;;/h4-5,8-10,12,15H,1-3,6-7H2;1-5H3;2*1H;/q2*-1;;;+4/p-2. The predicted octanol–water partition coefficient (Wildman–Crippen LogP) is 1.13. The molecule has 0 N–H and O–H groups in total. The molecule has 1 saturated carbocycles. The second kappa shape index (κ2) is 12.5. The van der Waals surface area contributed by atoms with E-state index in [0.717, 1.165) is 5.92 Å². The Bertz CT molecular complexity index is 687. The first-order chi connectivity index (χ1) is 12.0. The van der Waals surface area contributed by atoms with Crippen molar-refractivity contribution in [2.75, 3.05) is 0 Å². The smallest absolute Gasteiger partial charge is 1.00 e. The summed E-state index contributed by atoms with van der Waals surface area (Å²) < 4.78 is 0. The van der Waals surface area contributed by atoms with E-state index in [1.54, 1.807) is 0 Å². The van der Waals surface area contributed by atoms with E-state index in [4.69, 9.17) is 0 Å². The zero-order valence-electron chi connectivity index (χ0n) is 17.8. The fraction of sp³-hybridized carbons (Fsp3) is 0.480. The molecule has 0 amide bonds. The molecule has 4 rings (SSSR count). The molecule has 2 aliphatic rings. The average molecular weight is 495 g/mol. The van der Waals surface area contributed by atoms with E-state index in [2.05, 4.69) is 71.0 Å². The molecule has 2 aromatic rings. The van der Waals surface area contributed by atoms with Gasteiger partial charge in [-0.25, -0.2) is 6.08 Å². The van der Waals surface area contributed by atoms with Crippen LogP contribution in [0.15, 0.2) is 24.3 Å². The van der Waals surface area contributed by atoms with Gasteiger partial charge in [0, 0.05) is 0 Å². The van der Waals surface area contributed by atoms with Crippen molar-refractivity contribution < 1.29 is 51.0 Å². The monoisotopic (exact) mass is 492 g/mol. The van der Waals surface area contributed by atoms with Gasteiger partial charge in [0.2, 0.25) is 0 Å². The third-order valence-corrected chi connectivity index (χ3v) is 6.68. The summed E-state index contributed by atoms with van der Waals surface area (Å²) >= 11 is 0. The molecule has 28 heavy (non-hydrogen) atoms. The Morgan fingerprint density at radius 3 is 1.89 bits per heavy atom. The van der Waals surface area contributed by atoms with E-state index in [9.17, 15) is 0 Å². The molecule has 1 fully saturated rings. The Balaban J connectivity index is 0.000000503. The normalized spacial score (nSPS) is 17.4. The van der Waals surface area contributed by atoms with Crippen molar-refractivity contribution in [2.24, 2.45) is 5.92 Å². The number of allylic oxidation sites excluding steroid dienone is 1. The minimum absolute atomic E-state index is 0. The summed E-state index contributed by atoms with van der Waals surface area (Å²) in [7, 11) is 0. The van der Waals surface area contributed by atoms with E-state index in [1.165, 1.54) is 71.0 Å². The van der Waals surface area contributed by atoms with E-state index in [1.807, 2.05) is 0 Å². The summed E-state index contributed by atoms with van der Waals surface area (Å²) in [6.45, 7) is 11.0. The minimum Gasteiger partial charge on any atom is -1.00 e. The number of hydrogen-bond acceptors (Lipinski definition) is 0. The third-order valence-electron chi connectivity index (χ3n) is 6.68. The van der Waals surface area contributed by atoms with Crippen molar-refractivity contribution in [2.45, 2.75) is 72.6 Å². The summed E-state index contributed by atoms with van der Waals surface area (Å²) in [4.78, 5) is 0. The molecule has 0 heterocycles. The fourth-order valence-corrected chi connectivity index (χ4v) is 4.46. The maximum absolute atomic E-state index is 3.57. The molecule has 2 aliphatic carbocycles. The van der Waals surface area contributed by atoms with Gasteiger partial charge in [-0.05, 0) is 5.92 Å².